The number of aromatic nitrogens is 1. The van der Waals surface area contributed by atoms with Crippen molar-refractivity contribution in [1.29, 1.82) is 0 Å². The molecule has 3 aromatic heterocycles. The smallest absolute Gasteiger partial charge is 0.287 e. The van der Waals surface area contributed by atoms with Crippen LogP contribution in [0.25, 0.3) is 10.6 Å². The van der Waals surface area contributed by atoms with Gasteiger partial charge in [-0.3, -0.25) is 9.59 Å². The van der Waals surface area contributed by atoms with E-state index < -0.39 is 15.9 Å². The number of carbonyl (C=O) groups is 2. The van der Waals surface area contributed by atoms with E-state index in [0.717, 1.165) is 24.1 Å². The summed E-state index contributed by atoms with van der Waals surface area (Å²) in [6.45, 7) is 1.90. The Hall–Kier alpha value is -2.96. The maximum atomic E-state index is 13.2. The summed E-state index contributed by atoms with van der Waals surface area (Å²) in [6.07, 6.45) is 5.08. The molecule has 3 aromatic rings. The Morgan fingerprint density at radius 3 is 2.59 bits per heavy atom. The summed E-state index contributed by atoms with van der Waals surface area (Å²) in [4.78, 5) is 27.0. The predicted molar refractivity (Wildman–Crippen MR) is 122 cm³/mol. The van der Waals surface area contributed by atoms with Crippen LogP contribution in [0, 0.1) is 5.41 Å². The first-order valence-electron chi connectivity index (χ1n) is 11.0. The maximum Gasteiger partial charge on any atom is 0.287 e. The molecular formula is C22H24N4O6S2. The van der Waals surface area contributed by atoms with Crippen molar-refractivity contribution in [2.75, 3.05) is 32.7 Å². The third-order valence-corrected chi connectivity index (χ3v) is 10.0. The molecule has 0 aromatic carbocycles. The first-order valence-corrected chi connectivity index (χ1v) is 13.2. The SMILES string of the molecule is O=C(NCC(=O)N1CCC2(CC1)CCN(S(=O)(=O)c1ccc(-c3ccon3)s1)C2)c1ccco1. The number of carbonyl (C=O) groups excluding carboxylic acids is 2. The van der Waals surface area contributed by atoms with Crippen molar-refractivity contribution in [2.45, 2.75) is 23.5 Å². The molecule has 0 bridgehead atoms. The number of furan rings is 1. The number of sulfonamides is 1. The lowest BCUT2D eigenvalue weighted by Gasteiger charge is -2.39. The molecule has 2 aliphatic heterocycles. The zero-order valence-electron chi connectivity index (χ0n) is 18.3. The molecule has 34 heavy (non-hydrogen) atoms. The van der Waals surface area contributed by atoms with Crippen LogP contribution in [0.5, 0.6) is 0 Å². The first-order chi connectivity index (χ1) is 16.4. The van der Waals surface area contributed by atoms with Crippen molar-refractivity contribution in [3.8, 4) is 10.6 Å². The van der Waals surface area contributed by atoms with Crippen LogP contribution in [-0.4, -0.2) is 67.3 Å². The highest BCUT2D eigenvalue weighted by atomic mass is 32.2. The van der Waals surface area contributed by atoms with Crippen molar-refractivity contribution in [1.82, 2.24) is 19.7 Å². The van der Waals surface area contributed by atoms with Gasteiger partial charge in [-0.05, 0) is 48.9 Å². The summed E-state index contributed by atoms with van der Waals surface area (Å²) in [5, 5.41) is 6.45. The topological polar surface area (TPSA) is 126 Å². The largest absolute Gasteiger partial charge is 0.459 e. The predicted octanol–water partition coefficient (Wildman–Crippen LogP) is 2.43. The number of piperidine rings is 1. The van der Waals surface area contributed by atoms with E-state index in [9.17, 15) is 18.0 Å². The molecule has 12 heteroatoms. The number of likely N-dealkylation sites (tertiary alicyclic amines) is 1. The van der Waals surface area contributed by atoms with Gasteiger partial charge in [-0.15, -0.1) is 11.3 Å². The fourth-order valence-electron chi connectivity index (χ4n) is 4.56. The first kappa shape index (κ1) is 22.8. The van der Waals surface area contributed by atoms with Crippen molar-refractivity contribution in [3.63, 3.8) is 0 Å². The molecule has 1 N–H and O–H groups in total. The van der Waals surface area contributed by atoms with Gasteiger partial charge in [-0.2, -0.15) is 4.31 Å². The summed E-state index contributed by atoms with van der Waals surface area (Å²) in [6, 6.07) is 8.21. The minimum atomic E-state index is -3.60. The molecular weight excluding hydrogens is 480 g/mol. The van der Waals surface area contributed by atoms with Gasteiger partial charge >= 0.3 is 0 Å². The van der Waals surface area contributed by atoms with Gasteiger partial charge in [0.1, 0.15) is 16.2 Å². The Morgan fingerprint density at radius 2 is 1.88 bits per heavy atom. The average Bonchev–Trinajstić information content (AvgIpc) is 3.63. The molecule has 2 amide bonds. The molecule has 2 aliphatic rings. The Labute approximate surface area is 200 Å². The standard InChI is InChI=1S/C22H24N4O6S2/c27-19(14-23-21(28)17-2-1-12-31-17)25-9-6-22(7-10-25)8-11-26(15-22)34(29,30)20-4-3-18(33-20)16-5-13-32-24-16/h1-5,12-13H,6-11,14-15H2,(H,23,28). The fraction of sp³-hybridized carbons (Fsp3) is 0.409. The monoisotopic (exact) mass is 504 g/mol. The van der Waals surface area contributed by atoms with E-state index in [1.54, 1.807) is 33.5 Å². The Morgan fingerprint density at radius 1 is 1.09 bits per heavy atom. The van der Waals surface area contributed by atoms with Crippen LogP contribution in [-0.2, 0) is 14.8 Å². The molecule has 5 heterocycles. The molecule has 10 nitrogen and oxygen atoms in total. The van der Waals surface area contributed by atoms with Crippen LogP contribution in [0.1, 0.15) is 29.8 Å². The molecule has 0 saturated carbocycles. The highest BCUT2D eigenvalue weighted by Crippen LogP contribution is 2.43. The van der Waals surface area contributed by atoms with Crippen LogP contribution < -0.4 is 5.32 Å². The Bertz CT molecular complexity index is 1260. The van der Waals surface area contributed by atoms with Gasteiger partial charge in [0.15, 0.2) is 5.76 Å². The lowest BCUT2D eigenvalue weighted by atomic mass is 9.78. The quantitative estimate of drug-likeness (QED) is 0.546. The van der Waals surface area contributed by atoms with Gasteiger partial charge in [0.05, 0.1) is 17.7 Å². The third-order valence-electron chi connectivity index (χ3n) is 6.59. The Balaban J connectivity index is 1.16. The molecule has 1 spiro atoms. The van der Waals surface area contributed by atoms with Crippen LogP contribution in [0.15, 0.2) is 56.0 Å². The van der Waals surface area contributed by atoms with Gasteiger partial charge in [-0.1, -0.05) is 5.16 Å². The van der Waals surface area contributed by atoms with E-state index in [4.69, 9.17) is 8.94 Å². The summed E-state index contributed by atoms with van der Waals surface area (Å²) < 4.78 is 38.2. The van der Waals surface area contributed by atoms with E-state index in [1.807, 2.05) is 0 Å². The van der Waals surface area contributed by atoms with E-state index in [1.165, 1.54) is 29.9 Å². The zero-order chi connectivity index (χ0) is 23.8. The maximum absolute atomic E-state index is 13.2. The number of hydrogen-bond donors (Lipinski definition) is 1. The van der Waals surface area contributed by atoms with E-state index in [2.05, 4.69) is 10.5 Å². The molecule has 2 fully saturated rings. The van der Waals surface area contributed by atoms with E-state index in [0.29, 0.717) is 36.1 Å². The molecule has 180 valence electrons. The summed E-state index contributed by atoms with van der Waals surface area (Å²) >= 11 is 1.18. The number of thiophene rings is 1. The number of amides is 2. The van der Waals surface area contributed by atoms with Crippen molar-refractivity contribution < 1.29 is 26.9 Å². The minimum Gasteiger partial charge on any atom is -0.459 e. The van der Waals surface area contributed by atoms with Gasteiger partial charge < -0.3 is 19.2 Å². The van der Waals surface area contributed by atoms with Gasteiger partial charge in [0.2, 0.25) is 5.91 Å². The van der Waals surface area contributed by atoms with E-state index in [-0.39, 0.29) is 23.6 Å². The summed E-state index contributed by atoms with van der Waals surface area (Å²) in [5.74, 6) is -0.420. The van der Waals surface area contributed by atoms with Crippen LogP contribution >= 0.6 is 11.3 Å². The number of hydrogen-bond acceptors (Lipinski definition) is 8. The molecule has 2 saturated heterocycles. The average molecular weight is 505 g/mol. The molecule has 0 aliphatic carbocycles. The van der Waals surface area contributed by atoms with Crippen molar-refractivity contribution >= 4 is 33.2 Å². The molecule has 0 radical (unpaired) electrons. The minimum absolute atomic E-state index is 0.0979. The summed E-state index contributed by atoms with van der Waals surface area (Å²) in [5.41, 5.74) is 0.481. The number of nitrogens with zero attached hydrogens (tertiary/aromatic N) is 3. The van der Waals surface area contributed by atoms with Gasteiger partial charge in [0, 0.05) is 32.2 Å². The fourth-order valence-corrected chi connectivity index (χ4v) is 7.54. The second-order valence-corrected chi connectivity index (χ2v) is 11.9. The third kappa shape index (κ3) is 4.40. The van der Waals surface area contributed by atoms with Crippen LogP contribution in [0.2, 0.25) is 0 Å². The lowest BCUT2D eigenvalue weighted by Crippen LogP contribution is -2.47. The van der Waals surface area contributed by atoms with Crippen molar-refractivity contribution in [2.24, 2.45) is 5.41 Å². The highest BCUT2D eigenvalue weighted by Gasteiger charge is 2.45. The molecule has 0 atom stereocenters. The van der Waals surface area contributed by atoms with Crippen LogP contribution in [0.3, 0.4) is 0 Å². The summed E-state index contributed by atoms with van der Waals surface area (Å²) in [7, 11) is -3.60. The number of rotatable bonds is 6. The number of nitrogens with one attached hydrogen (secondary N) is 1. The Kier molecular flexibility index (Phi) is 6.04. The van der Waals surface area contributed by atoms with E-state index >= 15 is 0 Å². The van der Waals surface area contributed by atoms with Crippen molar-refractivity contribution in [3.05, 3.63) is 48.6 Å². The highest BCUT2D eigenvalue weighted by molar-refractivity contribution is 7.91. The lowest BCUT2D eigenvalue weighted by molar-refractivity contribution is -0.132. The van der Waals surface area contributed by atoms with Gasteiger partial charge in [0.25, 0.3) is 15.9 Å². The molecule has 5 rings (SSSR count). The van der Waals surface area contributed by atoms with Gasteiger partial charge in [-0.25, -0.2) is 8.42 Å². The normalized spacial score (nSPS) is 18.4. The second kappa shape index (κ2) is 9.01. The van der Waals surface area contributed by atoms with Crippen LogP contribution in [0.4, 0.5) is 0 Å². The second-order valence-electron chi connectivity index (χ2n) is 8.63. The molecule has 0 unspecified atom stereocenters. The zero-order valence-corrected chi connectivity index (χ0v) is 19.9.